The summed E-state index contributed by atoms with van der Waals surface area (Å²) in [6, 6.07) is 0. The number of nitrogens with two attached hydrogens (primary N) is 1. The van der Waals surface area contributed by atoms with Crippen LogP contribution in [0, 0.1) is 0 Å². The summed E-state index contributed by atoms with van der Waals surface area (Å²) in [7, 11) is 1.72. The molecule has 0 fully saturated rings. The first-order chi connectivity index (χ1) is 6.51. The first kappa shape index (κ1) is 14.2. The summed E-state index contributed by atoms with van der Waals surface area (Å²) >= 11 is 0. The van der Waals surface area contributed by atoms with Crippen LogP contribution >= 0.6 is 0 Å². The van der Waals surface area contributed by atoms with Crippen molar-refractivity contribution in [1.82, 2.24) is 4.90 Å². The zero-order chi connectivity index (χ0) is 12.3. The van der Waals surface area contributed by atoms with E-state index < -0.39 is 5.60 Å². The van der Waals surface area contributed by atoms with Crippen LogP contribution in [0.1, 0.15) is 41.0 Å². The fourth-order valence-electron chi connectivity index (χ4n) is 0.887. The van der Waals surface area contributed by atoms with E-state index >= 15 is 0 Å². The molecule has 90 valence electrons. The molecule has 0 bridgehead atoms. The molecule has 4 heteroatoms. The minimum atomic E-state index is -0.441. The van der Waals surface area contributed by atoms with Crippen molar-refractivity contribution >= 4 is 6.09 Å². The molecule has 0 aromatic rings. The van der Waals surface area contributed by atoms with Crippen LogP contribution in [0.5, 0.6) is 0 Å². The van der Waals surface area contributed by atoms with Crippen molar-refractivity contribution in [3.63, 3.8) is 0 Å². The van der Waals surface area contributed by atoms with E-state index in [1.807, 2.05) is 34.6 Å². The van der Waals surface area contributed by atoms with Gasteiger partial charge in [-0.25, -0.2) is 4.79 Å². The first-order valence-electron chi connectivity index (χ1n) is 5.24. The number of ether oxygens (including phenoxy) is 1. The quantitative estimate of drug-likeness (QED) is 0.784. The lowest BCUT2D eigenvalue weighted by atomic mass is 10.0. The summed E-state index contributed by atoms with van der Waals surface area (Å²) in [5, 5.41) is 0. The van der Waals surface area contributed by atoms with Gasteiger partial charge in [-0.15, -0.1) is 0 Å². The smallest absolute Gasteiger partial charge is 0.410 e. The third-order valence-electron chi connectivity index (χ3n) is 1.80. The molecule has 0 unspecified atom stereocenters. The van der Waals surface area contributed by atoms with Crippen LogP contribution in [0.25, 0.3) is 0 Å². The van der Waals surface area contributed by atoms with E-state index in [4.69, 9.17) is 10.5 Å². The van der Waals surface area contributed by atoms with E-state index in [9.17, 15) is 4.79 Å². The third-order valence-corrected chi connectivity index (χ3v) is 1.80. The summed E-state index contributed by atoms with van der Waals surface area (Å²) < 4.78 is 5.21. The van der Waals surface area contributed by atoms with Crippen molar-refractivity contribution in [2.45, 2.75) is 52.2 Å². The van der Waals surface area contributed by atoms with Gasteiger partial charge in [0.05, 0.1) is 0 Å². The maximum Gasteiger partial charge on any atom is 0.410 e. The molecule has 0 spiro atoms. The Morgan fingerprint density at radius 1 is 1.27 bits per heavy atom. The van der Waals surface area contributed by atoms with Crippen LogP contribution in [0.3, 0.4) is 0 Å². The van der Waals surface area contributed by atoms with Crippen LogP contribution < -0.4 is 5.73 Å². The molecule has 0 atom stereocenters. The summed E-state index contributed by atoms with van der Waals surface area (Å²) in [4.78, 5) is 13.1. The Morgan fingerprint density at radius 3 is 2.07 bits per heavy atom. The van der Waals surface area contributed by atoms with Crippen LogP contribution in [0.2, 0.25) is 0 Å². The van der Waals surface area contributed by atoms with Gasteiger partial charge >= 0.3 is 6.09 Å². The Kier molecular flexibility index (Phi) is 4.59. The molecule has 0 radical (unpaired) electrons. The number of carbonyl (C=O) groups is 1. The Balaban J connectivity index is 4.01. The Bertz CT molecular complexity index is 214. The molecule has 0 aliphatic rings. The minimum absolute atomic E-state index is 0.254. The largest absolute Gasteiger partial charge is 0.444 e. The number of hydrogen-bond donors (Lipinski definition) is 1. The third kappa shape index (κ3) is 8.24. The Labute approximate surface area is 92.8 Å². The second kappa shape index (κ2) is 4.84. The molecule has 4 nitrogen and oxygen atoms in total. The SMILES string of the molecule is CN(CCC(C)(C)N)C(=O)OC(C)(C)C. The molecule has 0 aromatic heterocycles. The number of carbonyl (C=O) groups excluding carboxylic acids is 1. The lowest BCUT2D eigenvalue weighted by Crippen LogP contribution is -2.40. The molecule has 0 saturated heterocycles. The van der Waals surface area contributed by atoms with Gasteiger partial charge in [0.2, 0.25) is 0 Å². The highest BCUT2D eigenvalue weighted by Gasteiger charge is 2.20. The molecular weight excluding hydrogens is 192 g/mol. The zero-order valence-electron chi connectivity index (χ0n) is 10.8. The average Bonchev–Trinajstić information content (AvgIpc) is 1.95. The highest BCUT2D eigenvalue weighted by molar-refractivity contribution is 5.67. The molecule has 0 aromatic carbocycles. The van der Waals surface area contributed by atoms with Gasteiger partial charge in [0.15, 0.2) is 0 Å². The second-order valence-electron chi connectivity index (χ2n) is 5.64. The monoisotopic (exact) mass is 216 g/mol. The van der Waals surface area contributed by atoms with Crippen molar-refractivity contribution in [2.75, 3.05) is 13.6 Å². The van der Waals surface area contributed by atoms with Gasteiger partial charge in [0.25, 0.3) is 0 Å². The molecule has 1 amide bonds. The number of amides is 1. The van der Waals surface area contributed by atoms with E-state index in [0.29, 0.717) is 6.54 Å². The van der Waals surface area contributed by atoms with Crippen LogP contribution in [0.4, 0.5) is 4.79 Å². The summed E-state index contributed by atoms with van der Waals surface area (Å²) in [5.74, 6) is 0. The van der Waals surface area contributed by atoms with E-state index in [-0.39, 0.29) is 11.6 Å². The molecule has 0 rings (SSSR count). The van der Waals surface area contributed by atoms with E-state index in [1.54, 1.807) is 11.9 Å². The van der Waals surface area contributed by atoms with Crippen molar-refractivity contribution in [3.05, 3.63) is 0 Å². The van der Waals surface area contributed by atoms with Crippen molar-refractivity contribution in [1.29, 1.82) is 0 Å². The molecule has 0 heterocycles. The van der Waals surface area contributed by atoms with Gasteiger partial charge in [-0.05, 0) is 41.0 Å². The van der Waals surface area contributed by atoms with E-state index in [1.165, 1.54) is 0 Å². The molecule has 2 N–H and O–H groups in total. The highest BCUT2D eigenvalue weighted by atomic mass is 16.6. The summed E-state index contributed by atoms with van der Waals surface area (Å²) in [5.41, 5.74) is 5.14. The van der Waals surface area contributed by atoms with E-state index in [0.717, 1.165) is 6.42 Å². The maximum absolute atomic E-state index is 11.5. The topological polar surface area (TPSA) is 55.6 Å². The predicted octanol–water partition coefficient (Wildman–Crippen LogP) is 1.98. The van der Waals surface area contributed by atoms with Gasteiger partial charge in [0, 0.05) is 19.1 Å². The Morgan fingerprint density at radius 2 is 1.73 bits per heavy atom. The average molecular weight is 216 g/mol. The van der Waals surface area contributed by atoms with Crippen LogP contribution in [0.15, 0.2) is 0 Å². The zero-order valence-corrected chi connectivity index (χ0v) is 10.8. The fraction of sp³-hybridized carbons (Fsp3) is 0.909. The highest BCUT2D eigenvalue weighted by Crippen LogP contribution is 2.10. The lowest BCUT2D eigenvalue weighted by Gasteiger charge is -2.27. The molecule has 15 heavy (non-hydrogen) atoms. The Hall–Kier alpha value is -0.770. The van der Waals surface area contributed by atoms with Gasteiger partial charge in [-0.1, -0.05) is 0 Å². The minimum Gasteiger partial charge on any atom is -0.444 e. The summed E-state index contributed by atoms with van der Waals surface area (Å²) in [6.45, 7) is 10.0. The van der Waals surface area contributed by atoms with Gasteiger partial charge < -0.3 is 15.4 Å². The van der Waals surface area contributed by atoms with E-state index in [2.05, 4.69) is 0 Å². The molecule has 0 aliphatic carbocycles. The number of nitrogens with zero attached hydrogens (tertiary/aromatic N) is 1. The first-order valence-corrected chi connectivity index (χ1v) is 5.24. The standard InChI is InChI=1S/C11H24N2O2/c1-10(2,3)15-9(14)13(6)8-7-11(4,5)12/h7-8,12H2,1-6H3. The fourth-order valence-corrected chi connectivity index (χ4v) is 0.887. The summed E-state index contributed by atoms with van der Waals surface area (Å²) in [6.07, 6.45) is 0.453. The van der Waals surface area contributed by atoms with Crippen molar-refractivity contribution in [3.8, 4) is 0 Å². The molecule has 0 saturated carbocycles. The van der Waals surface area contributed by atoms with Gasteiger partial charge in [-0.3, -0.25) is 0 Å². The van der Waals surface area contributed by atoms with Crippen molar-refractivity contribution < 1.29 is 9.53 Å². The van der Waals surface area contributed by atoms with Crippen molar-refractivity contribution in [2.24, 2.45) is 5.73 Å². The molecule has 0 aliphatic heterocycles. The van der Waals surface area contributed by atoms with Crippen LogP contribution in [-0.4, -0.2) is 35.7 Å². The van der Waals surface area contributed by atoms with Gasteiger partial charge in [-0.2, -0.15) is 0 Å². The second-order valence-corrected chi connectivity index (χ2v) is 5.64. The van der Waals surface area contributed by atoms with Crippen LogP contribution in [-0.2, 0) is 4.74 Å². The maximum atomic E-state index is 11.5. The predicted molar refractivity (Wildman–Crippen MR) is 61.7 cm³/mol. The normalized spacial score (nSPS) is 12.5. The number of hydrogen-bond acceptors (Lipinski definition) is 3. The number of rotatable bonds is 3. The molecular formula is C11H24N2O2. The lowest BCUT2D eigenvalue weighted by molar-refractivity contribution is 0.0290. The van der Waals surface area contributed by atoms with Gasteiger partial charge in [0.1, 0.15) is 5.60 Å².